The van der Waals surface area contributed by atoms with Crippen LogP contribution in [0.1, 0.15) is 33.6 Å². The second kappa shape index (κ2) is 5.91. The summed E-state index contributed by atoms with van der Waals surface area (Å²) in [6, 6.07) is 0. The summed E-state index contributed by atoms with van der Waals surface area (Å²) >= 11 is 0. The van der Waals surface area contributed by atoms with E-state index in [1.54, 1.807) is 20.8 Å². The van der Waals surface area contributed by atoms with Crippen LogP contribution in [0.2, 0.25) is 0 Å². The highest BCUT2D eigenvalue weighted by molar-refractivity contribution is 5.69. The number of rotatable bonds is 3. The van der Waals surface area contributed by atoms with Crippen molar-refractivity contribution in [2.75, 3.05) is 19.6 Å². The van der Waals surface area contributed by atoms with E-state index in [9.17, 15) is 14.0 Å². The zero-order valence-electron chi connectivity index (χ0n) is 13.2. The summed E-state index contributed by atoms with van der Waals surface area (Å²) in [7, 11) is 0. The molecule has 0 radical (unpaired) electrons. The van der Waals surface area contributed by atoms with Crippen LogP contribution >= 0.6 is 0 Å². The van der Waals surface area contributed by atoms with Crippen molar-refractivity contribution in [2.45, 2.75) is 51.1 Å². The van der Waals surface area contributed by atoms with Crippen molar-refractivity contribution in [3.05, 3.63) is 0 Å². The van der Waals surface area contributed by atoms with Crippen LogP contribution in [-0.4, -0.2) is 54.2 Å². The number of alkyl halides is 1. The van der Waals surface area contributed by atoms with Gasteiger partial charge in [0.05, 0.1) is 6.54 Å². The highest BCUT2D eigenvalue weighted by Crippen LogP contribution is 2.32. The fourth-order valence-electron chi connectivity index (χ4n) is 2.71. The van der Waals surface area contributed by atoms with Crippen molar-refractivity contribution in [1.29, 1.82) is 0 Å². The van der Waals surface area contributed by atoms with Gasteiger partial charge in [-0.05, 0) is 27.2 Å². The zero-order chi connectivity index (χ0) is 16.5. The number of hydrogen-bond acceptors (Lipinski definition) is 5. The Balaban J connectivity index is 1.88. The van der Waals surface area contributed by atoms with Gasteiger partial charge in [0.15, 0.2) is 5.79 Å². The minimum Gasteiger partial charge on any atom is -0.444 e. The van der Waals surface area contributed by atoms with Crippen LogP contribution in [0.3, 0.4) is 0 Å². The summed E-state index contributed by atoms with van der Waals surface area (Å²) in [4.78, 5) is 24.4. The first-order valence-corrected chi connectivity index (χ1v) is 7.47. The largest absolute Gasteiger partial charge is 0.444 e. The molecule has 2 fully saturated rings. The number of likely N-dealkylation sites (tertiary alicyclic amines) is 1. The summed E-state index contributed by atoms with van der Waals surface area (Å²) in [5, 5.41) is 2.47. The molecule has 2 aliphatic rings. The maximum absolute atomic E-state index is 14.7. The minimum absolute atomic E-state index is 0.0848. The van der Waals surface area contributed by atoms with Crippen molar-refractivity contribution in [2.24, 2.45) is 11.7 Å². The quantitative estimate of drug-likeness (QED) is 0.767. The smallest absolute Gasteiger partial charge is 0.410 e. The molecule has 8 heteroatoms. The second-order valence-corrected chi connectivity index (χ2v) is 6.95. The molecule has 0 aromatic rings. The molecule has 0 saturated carbocycles. The van der Waals surface area contributed by atoms with E-state index in [0.717, 1.165) is 0 Å². The summed E-state index contributed by atoms with van der Waals surface area (Å²) < 4.78 is 24.9. The van der Waals surface area contributed by atoms with E-state index in [1.807, 2.05) is 0 Å². The molecule has 0 bridgehead atoms. The van der Waals surface area contributed by atoms with Crippen molar-refractivity contribution in [3.63, 3.8) is 0 Å². The topological polar surface area (TPSA) is 93.9 Å². The number of amides is 2. The molecule has 2 amide bonds. The van der Waals surface area contributed by atoms with E-state index in [-0.39, 0.29) is 19.5 Å². The van der Waals surface area contributed by atoms with E-state index < -0.39 is 35.6 Å². The fourth-order valence-corrected chi connectivity index (χ4v) is 2.71. The highest BCUT2D eigenvalue weighted by atomic mass is 19.1. The van der Waals surface area contributed by atoms with Crippen LogP contribution in [0, 0.1) is 5.92 Å². The van der Waals surface area contributed by atoms with Crippen LogP contribution in [-0.2, 0) is 9.47 Å². The maximum Gasteiger partial charge on any atom is 0.410 e. The fraction of sp³-hybridized carbons (Fsp3) is 0.857. The van der Waals surface area contributed by atoms with Crippen molar-refractivity contribution < 1.29 is 23.5 Å². The molecule has 3 atom stereocenters. The van der Waals surface area contributed by atoms with E-state index in [2.05, 4.69) is 5.32 Å². The van der Waals surface area contributed by atoms with Crippen LogP contribution in [0.5, 0.6) is 0 Å². The Morgan fingerprint density at radius 2 is 2.23 bits per heavy atom. The molecule has 3 N–H and O–H groups in total. The number of hydrogen-bond donors (Lipinski definition) is 2. The summed E-state index contributed by atoms with van der Waals surface area (Å²) in [5.41, 5.74) is 5.18. The van der Waals surface area contributed by atoms with Crippen LogP contribution in [0.15, 0.2) is 0 Å². The monoisotopic (exact) mass is 317 g/mol. The first-order valence-electron chi connectivity index (χ1n) is 7.47. The number of alkyl carbamates (subject to hydrolysis) is 1. The van der Waals surface area contributed by atoms with Gasteiger partial charge in [-0.1, -0.05) is 0 Å². The molecular weight excluding hydrogens is 293 g/mol. The summed E-state index contributed by atoms with van der Waals surface area (Å²) in [6.45, 7) is 6.21. The van der Waals surface area contributed by atoms with Crippen molar-refractivity contribution in [3.8, 4) is 0 Å². The molecule has 2 heterocycles. The van der Waals surface area contributed by atoms with Gasteiger partial charge >= 0.3 is 12.2 Å². The number of carbonyl (C=O) groups is 2. The lowest BCUT2D eigenvalue weighted by molar-refractivity contribution is 0.0180. The van der Waals surface area contributed by atoms with Gasteiger partial charge in [-0.3, -0.25) is 5.73 Å². The molecule has 2 aliphatic heterocycles. The van der Waals surface area contributed by atoms with Gasteiger partial charge in [0, 0.05) is 25.4 Å². The number of nitrogens with zero attached hydrogens (tertiary/aromatic N) is 1. The van der Waals surface area contributed by atoms with E-state index in [1.165, 1.54) is 4.90 Å². The molecule has 0 spiro atoms. The predicted molar refractivity (Wildman–Crippen MR) is 76.8 cm³/mol. The Kier molecular flexibility index (Phi) is 4.51. The van der Waals surface area contributed by atoms with Gasteiger partial charge in [-0.25, -0.2) is 14.0 Å². The minimum atomic E-state index is -1.99. The van der Waals surface area contributed by atoms with Gasteiger partial charge in [-0.2, -0.15) is 0 Å². The standard InChI is InChI=1S/C14H24FN3O4/c1-13(2,3)22-12(20)18-5-4-9(8-18)14(15,16)6-10-7-17-11(19)21-10/h9-10H,4-8,16H2,1-3H3,(H,17,19). The van der Waals surface area contributed by atoms with Crippen molar-refractivity contribution >= 4 is 12.2 Å². The summed E-state index contributed by atoms with van der Waals surface area (Å²) in [6.07, 6.45) is -1.21. The SMILES string of the molecule is CC(C)(C)OC(=O)N1CCC(C(N)(F)CC2CNC(=O)O2)C1. The lowest BCUT2D eigenvalue weighted by Gasteiger charge is -2.29. The number of nitrogens with one attached hydrogen (secondary N) is 1. The Bertz CT molecular complexity index is 450. The Hall–Kier alpha value is -1.57. The number of ether oxygens (including phenoxy) is 2. The highest BCUT2D eigenvalue weighted by Gasteiger charge is 2.44. The molecule has 2 saturated heterocycles. The van der Waals surface area contributed by atoms with E-state index in [4.69, 9.17) is 15.2 Å². The lowest BCUT2D eigenvalue weighted by atomic mass is 9.92. The molecule has 22 heavy (non-hydrogen) atoms. The van der Waals surface area contributed by atoms with Gasteiger partial charge in [0.2, 0.25) is 0 Å². The Labute approximate surface area is 129 Å². The van der Waals surface area contributed by atoms with Gasteiger partial charge < -0.3 is 19.7 Å². The summed E-state index contributed by atoms with van der Waals surface area (Å²) in [5.74, 6) is -2.49. The van der Waals surface area contributed by atoms with Gasteiger partial charge in [0.25, 0.3) is 0 Å². The first-order chi connectivity index (χ1) is 10.1. The zero-order valence-corrected chi connectivity index (χ0v) is 13.2. The normalized spacial score (nSPS) is 28.0. The van der Waals surface area contributed by atoms with Gasteiger partial charge in [-0.15, -0.1) is 0 Å². The molecule has 2 rings (SSSR count). The first kappa shape index (κ1) is 16.8. The molecule has 7 nitrogen and oxygen atoms in total. The number of cyclic esters (lactones) is 1. The third kappa shape index (κ3) is 4.22. The maximum atomic E-state index is 14.7. The van der Waals surface area contributed by atoms with E-state index in [0.29, 0.717) is 13.0 Å². The lowest BCUT2D eigenvalue weighted by Crippen LogP contribution is -2.47. The molecule has 0 aromatic carbocycles. The number of carbonyl (C=O) groups excluding carboxylic acids is 2. The molecule has 126 valence electrons. The van der Waals surface area contributed by atoms with Crippen LogP contribution < -0.4 is 11.1 Å². The Morgan fingerprint density at radius 1 is 1.55 bits per heavy atom. The molecule has 0 aliphatic carbocycles. The average molecular weight is 317 g/mol. The average Bonchev–Trinajstić information content (AvgIpc) is 2.95. The second-order valence-electron chi connectivity index (χ2n) is 6.95. The third-order valence-electron chi connectivity index (χ3n) is 3.81. The molecule has 0 aromatic heterocycles. The van der Waals surface area contributed by atoms with Gasteiger partial charge in [0.1, 0.15) is 11.7 Å². The third-order valence-corrected chi connectivity index (χ3v) is 3.81. The molecular formula is C14H24FN3O4. The molecule has 3 unspecified atom stereocenters. The van der Waals surface area contributed by atoms with Crippen molar-refractivity contribution in [1.82, 2.24) is 10.2 Å². The predicted octanol–water partition coefficient (Wildman–Crippen LogP) is 1.37. The number of nitrogens with two attached hydrogens (primary N) is 1. The van der Waals surface area contributed by atoms with E-state index >= 15 is 0 Å². The van der Waals surface area contributed by atoms with Crippen LogP contribution in [0.4, 0.5) is 14.0 Å². The Morgan fingerprint density at radius 3 is 2.77 bits per heavy atom. The van der Waals surface area contributed by atoms with Crippen LogP contribution in [0.25, 0.3) is 0 Å². The number of halogens is 1.